The fourth-order valence-electron chi connectivity index (χ4n) is 3.03. The summed E-state index contributed by atoms with van der Waals surface area (Å²) in [6.45, 7) is 5.76. The summed E-state index contributed by atoms with van der Waals surface area (Å²) in [5.41, 5.74) is 5.88. The van der Waals surface area contributed by atoms with E-state index in [-0.39, 0.29) is 0 Å². The molecule has 132 valence electrons. The Hall–Kier alpha value is -2.14. The van der Waals surface area contributed by atoms with E-state index in [4.69, 9.17) is 4.74 Å². The van der Waals surface area contributed by atoms with E-state index in [9.17, 15) is 0 Å². The number of hydrogen-bond acceptors (Lipinski definition) is 4. The first-order valence-corrected chi connectivity index (χ1v) is 9.70. The van der Waals surface area contributed by atoms with Crippen molar-refractivity contribution < 1.29 is 4.74 Å². The summed E-state index contributed by atoms with van der Waals surface area (Å²) < 4.78 is 7.84. The largest absolute Gasteiger partial charge is 0.379 e. The van der Waals surface area contributed by atoms with Crippen LogP contribution in [0.4, 0.5) is 0 Å². The van der Waals surface area contributed by atoms with Crippen molar-refractivity contribution in [3.05, 3.63) is 72.4 Å². The standard InChI is InChI=1S/C22H22N2OS/c1-17-7-8-19(16-22(17)26-24-11-13-25-14-12-24)20-9-10-23-21(15-20)18-5-3-2-4-6-18/h2-10,15-16H,11-14H2,1H3. The lowest BCUT2D eigenvalue weighted by molar-refractivity contribution is 0.0773. The predicted molar refractivity (Wildman–Crippen MR) is 108 cm³/mol. The van der Waals surface area contributed by atoms with Gasteiger partial charge in [-0.2, -0.15) is 0 Å². The molecule has 0 amide bonds. The van der Waals surface area contributed by atoms with Crippen LogP contribution in [0.5, 0.6) is 0 Å². The number of morpholine rings is 1. The van der Waals surface area contributed by atoms with Gasteiger partial charge in [0.1, 0.15) is 0 Å². The number of nitrogens with zero attached hydrogens (tertiary/aromatic N) is 2. The van der Waals surface area contributed by atoms with E-state index in [0.29, 0.717) is 0 Å². The molecule has 4 rings (SSSR count). The maximum atomic E-state index is 5.45. The molecule has 1 aliphatic rings. The second-order valence-electron chi connectivity index (χ2n) is 6.41. The summed E-state index contributed by atoms with van der Waals surface area (Å²) in [6.07, 6.45) is 1.90. The molecule has 4 heteroatoms. The Labute approximate surface area is 159 Å². The third-order valence-corrected chi connectivity index (χ3v) is 5.81. The molecule has 2 aromatic carbocycles. The zero-order valence-corrected chi connectivity index (χ0v) is 15.7. The molecular weight excluding hydrogens is 340 g/mol. The van der Waals surface area contributed by atoms with Gasteiger partial charge < -0.3 is 4.74 Å². The maximum absolute atomic E-state index is 5.45. The first kappa shape index (κ1) is 17.3. The molecule has 2 heterocycles. The lowest BCUT2D eigenvalue weighted by Gasteiger charge is -2.26. The molecule has 1 aliphatic heterocycles. The molecular formula is C22H22N2OS. The van der Waals surface area contributed by atoms with Crippen LogP contribution in [0.15, 0.2) is 71.8 Å². The normalized spacial score (nSPS) is 15.1. The molecule has 3 nitrogen and oxygen atoms in total. The third-order valence-electron chi connectivity index (χ3n) is 4.55. The van der Waals surface area contributed by atoms with Crippen molar-refractivity contribution in [3.63, 3.8) is 0 Å². The molecule has 0 radical (unpaired) electrons. The van der Waals surface area contributed by atoms with E-state index in [2.05, 4.69) is 58.7 Å². The minimum Gasteiger partial charge on any atom is -0.379 e. The van der Waals surface area contributed by atoms with Crippen molar-refractivity contribution in [2.75, 3.05) is 26.3 Å². The van der Waals surface area contributed by atoms with Gasteiger partial charge in [0.05, 0.1) is 18.9 Å². The van der Waals surface area contributed by atoms with Crippen LogP contribution in [0.2, 0.25) is 0 Å². The zero-order chi connectivity index (χ0) is 17.8. The third kappa shape index (κ3) is 3.98. The van der Waals surface area contributed by atoms with E-state index in [1.54, 1.807) is 0 Å². The SMILES string of the molecule is Cc1ccc(-c2ccnc(-c3ccccc3)c2)cc1SN1CCOCC1. The van der Waals surface area contributed by atoms with Crippen LogP contribution < -0.4 is 0 Å². The van der Waals surface area contributed by atoms with E-state index < -0.39 is 0 Å². The Bertz CT molecular complexity index is 876. The van der Waals surface area contributed by atoms with Crippen molar-refractivity contribution in [1.29, 1.82) is 0 Å². The smallest absolute Gasteiger partial charge is 0.0708 e. The second kappa shape index (κ2) is 8.04. The highest BCUT2D eigenvalue weighted by Gasteiger charge is 2.14. The topological polar surface area (TPSA) is 25.4 Å². The molecule has 0 saturated carbocycles. The highest BCUT2D eigenvalue weighted by Crippen LogP contribution is 2.32. The summed E-state index contributed by atoms with van der Waals surface area (Å²) in [5, 5.41) is 0. The van der Waals surface area contributed by atoms with Gasteiger partial charge in [0.2, 0.25) is 0 Å². The van der Waals surface area contributed by atoms with Gasteiger partial charge in [-0.15, -0.1) is 0 Å². The molecule has 26 heavy (non-hydrogen) atoms. The van der Waals surface area contributed by atoms with Crippen LogP contribution in [-0.4, -0.2) is 35.6 Å². The van der Waals surface area contributed by atoms with Gasteiger partial charge in [0.25, 0.3) is 0 Å². The van der Waals surface area contributed by atoms with Gasteiger partial charge in [0, 0.05) is 29.7 Å². The first-order valence-electron chi connectivity index (χ1n) is 8.93. The average Bonchev–Trinajstić information content (AvgIpc) is 2.71. The highest BCUT2D eigenvalue weighted by molar-refractivity contribution is 7.97. The second-order valence-corrected chi connectivity index (χ2v) is 7.55. The molecule has 1 saturated heterocycles. The van der Waals surface area contributed by atoms with Crippen molar-refractivity contribution in [2.45, 2.75) is 11.8 Å². The molecule has 0 atom stereocenters. The number of hydrogen-bond donors (Lipinski definition) is 0. The lowest BCUT2D eigenvalue weighted by atomic mass is 10.0. The summed E-state index contributed by atoms with van der Waals surface area (Å²) in [7, 11) is 0. The lowest BCUT2D eigenvalue weighted by Crippen LogP contribution is -2.30. The fourth-order valence-corrected chi connectivity index (χ4v) is 4.03. The van der Waals surface area contributed by atoms with Crippen LogP contribution in [0.1, 0.15) is 5.56 Å². The van der Waals surface area contributed by atoms with Gasteiger partial charge >= 0.3 is 0 Å². The maximum Gasteiger partial charge on any atom is 0.0708 e. The van der Waals surface area contributed by atoms with Crippen LogP contribution >= 0.6 is 11.9 Å². The van der Waals surface area contributed by atoms with Crippen LogP contribution in [0.25, 0.3) is 22.4 Å². The minimum absolute atomic E-state index is 0.816. The van der Waals surface area contributed by atoms with Crippen molar-refractivity contribution in [3.8, 4) is 22.4 Å². The number of rotatable bonds is 4. The molecule has 0 bridgehead atoms. The fraction of sp³-hybridized carbons (Fsp3) is 0.227. The van der Waals surface area contributed by atoms with Crippen LogP contribution in [0, 0.1) is 6.92 Å². The van der Waals surface area contributed by atoms with E-state index in [0.717, 1.165) is 37.6 Å². The minimum atomic E-state index is 0.816. The highest BCUT2D eigenvalue weighted by atomic mass is 32.2. The Morgan fingerprint density at radius 1 is 0.885 bits per heavy atom. The monoisotopic (exact) mass is 362 g/mol. The van der Waals surface area contributed by atoms with E-state index in [1.165, 1.54) is 21.6 Å². The van der Waals surface area contributed by atoms with Crippen molar-refractivity contribution >= 4 is 11.9 Å². The average molecular weight is 362 g/mol. The number of aromatic nitrogens is 1. The summed E-state index contributed by atoms with van der Waals surface area (Å²) in [5.74, 6) is 0. The van der Waals surface area contributed by atoms with E-state index in [1.807, 2.05) is 36.3 Å². The molecule has 0 N–H and O–H groups in total. The van der Waals surface area contributed by atoms with Gasteiger partial charge in [-0.25, -0.2) is 4.31 Å². The molecule has 0 unspecified atom stereocenters. The van der Waals surface area contributed by atoms with Crippen molar-refractivity contribution in [1.82, 2.24) is 9.29 Å². The van der Waals surface area contributed by atoms with Gasteiger partial charge in [0.15, 0.2) is 0 Å². The Morgan fingerprint density at radius 2 is 1.65 bits per heavy atom. The summed E-state index contributed by atoms with van der Waals surface area (Å²) in [6, 6.07) is 21.3. The zero-order valence-electron chi connectivity index (χ0n) is 14.9. The van der Waals surface area contributed by atoms with Gasteiger partial charge in [-0.1, -0.05) is 42.5 Å². The number of benzene rings is 2. The summed E-state index contributed by atoms with van der Waals surface area (Å²) >= 11 is 1.84. The predicted octanol–water partition coefficient (Wildman–Crippen LogP) is 5.06. The first-order chi connectivity index (χ1) is 12.8. The Morgan fingerprint density at radius 3 is 2.46 bits per heavy atom. The molecule has 1 aromatic heterocycles. The Balaban J connectivity index is 1.62. The number of ether oxygens (including phenoxy) is 1. The molecule has 3 aromatic rings. The molecule has 1 fully saturated rings. The van der Waals surface area contributed by atoms with Crippen LogP contribution in [-0.2, 0) is 4.74 Å². The quantitative estimate of drug-likeness (QED) is 0.606. The van der Waals surface area contributed by atoms with Crippen molar-refractivity contribution in [2.24, 2.45) is 0 Å². The number of aryl methyl sites for hydroxylation is 1. The summed E-state index contributed by atoms with van der Waals surface area (Å²) in [4.78, 5) is 5.85. The molecule has 0 aliphatic carbocycles. The van der Waals surface area contributed by atoms with Crippen LogP contribution in [0.3, 0.4) is 0 Å². The van der Waals surface area contributed by atoms with Gasteiger partial charge in [-0.3, -0.25) is 4.98 Å². The van der Waals surface area contributed by atoms with E-state index >= 15 is 0 Å². The number of pyridine rings is 1. The molecule has 0 spiro atoms. The Kier molecular flexibility index (Phi) is 5.34. The van der Waals surface area contributed by atoms with Gasteiger partial charge in [-0.05, 0) is 53.8 Å².